The minimum absolute atomic E-state index is 0.101. The molecule has 2 amide bonds. The highest BCUT2D eigenvalue weighted by Gasteiger charge is 2.26. The zero-order chi connectivity index (χ0) is 21.6. The molecule has 2 aromatic rings. The van der Waals surface area contributed by atoms with Crippen molar-refractivity contribution < 1.29 is 9.59 Å². The van der Waals surface area contributed by atoms with Gasteiger partial charge in [0.25, 0.3) is 0 Å². The van der Waals surface area contributed by atoms with Crippen LogP contribution in [0.3, 0.4) is 0 Å². The van der Waals surface area contributed by atoms with Gasteiger partial charge in [0, 0.05) is 23.1 Å². The number of halogens is 2. The molecule has 0 bridgehead atoms. The fourth-order valence-electron chi connectivity index (χ4n) is 2.85. The maximum atomic E-state index is 13.2. The number of amides is 2. The van der Waals surface area contributed by atoms with Gasteiger partial charge in [0.15, 0.2) is 0 Å². The Bertz CT molecular complexity index is 850. The Hall–Kier alpha value is -2.04. The van der Waals surface area contributed by atoms with Gasteiger partial charge in [0.05, 0.1) is 6.42 Å². The Morgan fingerprint density at radius 3 is 2.28 bits per heavy atom. The summed E-state index contributed by atoms with van der Waals surface area (Å²) in [6.45, 7) is 8.74. The molecule has 0 aliphatic rings. The Labute approximate surface area is 183 Å². The van der Waals surface area contributed by atoms with Crippen LogP contribution >= 0.6 is 23.2 Å². The predicted octanol–water partition coefficient (Wildman–Crippen LogP) is 5.03. The van der Waals surface area contributed by atoms with Crippen LogP contribution in [0.15, 0.2) is 42.5 Å². The van der Waals surface area contributed by atoms with Gasteiger partial charge in [-0.05, 0) is 43.0 Å². The predicted molar refractivity (Wildman–Crippen MR) is 119 cm³/mol. The van der Waals surface area contributed by atoms with E-state index in [4.69, 9.17) is 23.2 Å². The molecule has 6 heteroatoms. The van der Waals surface area contributed by atoms with Crippen LogP contribution < -0.4 is 5.32 Å². The SMILES string of the molecule is Cc1ccc(CN(C(=O)Cc2ccc(Cl)cc2Cl)[C@H](C)C(=O)NCC(C)C)cc1. The molecule has 0 fully saturated rings. The van der Waals surface area contributed by atoms with Gasteiger partial charge < -0.3 is 10.2 Å². The molecule has 0 saturated carbocycles. The van der Waals surface area contributed by atoms with Gasteiger partial charge in [-0.2, -0.15) is 0 Å². The first kappa shape index (κ1) is 23.2. The summed E-state index contributed by atoms with van der Waals surface area (Å²) in [5.74, 6) is 0.00336. The van der Waals surface area contributed by atoms with E-state index in [0.29, 0.717) is 34.6 Å². The molecule has 29 heavy (non-hydrogen) atoms. The first-order valence-electron chi connectivity index (χ1n) is 9.74. The van der Waals surface area contributed by atoms with Crippen LogP contribution in [0.4, 0.5) is 0 Å². The summed E-state index contributed by atoms with van der Waals surface area (Å²) in [6.07, 6.45) is 0.101. The van der Waals surface area contributed by atoms with E-state index in [-0.39, 0.29) is 18.2 Å². The Kier molecular flexibility index (Phi) is 8.54. The Balaban J connectivity index is 2.23. The highest BCUT2D eigenvalue weighted by atomic mass is 35.5. The summed E-state index contributed by atoms with van der Waals surface area (Å²) in [7, 11) is 0. The molecule has 1 atom stereocenters. The second-order valence-corrected chi connectivity index (χ2v) is 8.58. The lowest BCUT2D eigenvalue weighted by molar-refractivity contribution is -0.140. The van der Waals surface area contributed by atoms with E-state index < -0.39 is 6.04 Å². The van der Waals surface area contributed by atoms with Gasteiger partial charge in [-0.25, -0.2) is 0 Å². The summed E-state index contributed by atoms with van der Waals surface area (Å²) < 4.78 is 0. The maximum Gasteiger partial charge on any atom is 0.242 e. The third-order valence-electron chi connectivity index (χ3n) is 4.68. The standard InChI is InChI=1S/C23H28Cl2N2O2/c1-15(2)13-26-23(29)17(4)27(14-18-7-5-16(3)6-8-18)22(28)11-19-9-10-20(24)12-21(19)25/h5-10,12,15,17H,11,13-14H2,1-4H3,(H,26,29)/t17-/m1/s1. The van der Waals surface area contributed by atoms with Gasteiger partial charge >= 0.3 is 0 Å². The zero-order valence-electron chi connectivity index (χ0n) is 17.3. The number of rotatable bonds is 8. The molecule has 0 unspecified atom stereocenters. The number of carbonyl (C=O) groups excluding carboxylic acids is 2. The minimum Gasteiger partial charge on any atom is -0.354 e. The topological polar surface area (TPSA) is 49.4 Å². The smallest absolute Gasteiger partial charge is 0.242 e. The minimum atomic E-state index is -0.603. The molecule has 0 aliphatic heterocycles. The largest absolute Gasteiger partial charge is 0.354 e. The average molecular weight is 435 g/mol. The van der Waals surface area contributed by atoms with Crippen LogP contribution in [0, 0.1) is 12.8 Å². The number of nitrogens with one attached hydrogen (secondary N) is 1. The molecule has 0 aliphatic carbocycles. The molecule has 0 aromatic heterocycles. The highest BCUT2D eigenvalue weighted by Crippen LogP contribution is 2.22. The van der Waals surface area contributed by atoms with Crippen molar-refractivity contribution in [1.82, 2.24) is 10.2 Å². The van der Waals surface area contributed by atoms with Gasteiger partial charge in [0.2, 0.25) is 11.8 Å². The van der Waals surface area contributed by atoms with Gasteiger partial charge in [-0.1, -0.05) is 72.9 Å². The molecule has 2 aromatic carbocycles. The quantitative estimate of drug-likeness (QED) is 0.632. The lowest BCUT2D eigenvalue weighted by Gasteiger charge is -2.29. The summed E-state index contributed by atoms with van der Waals surface area (Å²) in [4.78, 5) is 27.4. The summed E-state index contributed by atoms with van der Waals surface area (Å²) >= 11 is 12.2. The lowest BCUT2D eigenvalue weighted by Crippen LogP contribution is -2.48. The van der Waals surface area contributed by atoms with Crippen molar-refractivity contribution in [2.45, 2.75) is 46.7 Å². The van der Waals surface area contributed by atoms with Gasteiger partial charge in [-0.3, -0.25) is 9.59 Å². The first-order valence-corrected chi connectivity index (χ1v) is 10.5. The number of carbonyl (C=O) groups is 2. The first-order chi connectivity index (χ1) is 13.7. The van der Waals surface area contributed by atoms with Crippen molar-refractivity contribution in [3.8, 4) is 0 Å². The van der Waals surface area contributed by atoms with E-state index in [2.05, 4.69) is 5.32 Å². The van der Waals surface area contributed by atoms with Crippen molar-refractivity contribution in [3.63, 3.8) is 0 Å². The second kappa shape index (κ2) is 10.7. The Morgan fingerprint density at radius 1 is 1.03 bits per heavy atom. The van der Waals surface area contributed by atoms with E-state index in [1.807, 2.05) is 45.0 Å². The van der Waals surface area contributed by atoms with Crippen LogP contribution in [-0.4, -0.2) is 29.3 Å². The molecule has 0 heterocycles. The monoisotopic (exact) mass is 434 g/mol. The molecule has 2 rings (SSSR count). The number of nitrogens with zero attached hydrogens (tertiary/aromatic N) is 1. The van der Waals surface area contributed by atoms with E-state index in [9.17, 15) is 9.59 Å². The third kappa shape index (κ3) is 7.06. The Morgan fingerprint density at radius 2 is 1.69 bits per heavy atom. The molecule has 4 nitrogen and oxygen atoms in total. The van der Waals surface area contributed by atoms with E-state index in [1.165, 1.54) is 0 Å². The van der Waals surface area contributed by atoms with Crippen LogP contribution in [-0.2, 0) is 22.6 Å². The second-order valence-electron chi connectivity index (χ2n) is 7.73. The molecule has 0 spiro atoms. The summed E-state index contributed by atoms with van der Waals surface area (Å²) in [5.41, 5.74) is 2.79. The third-order valence-corrected chi connectivity index (χ3v) is 5.27. The van der Waals surface area contributed by atoms with Crippen molar-refractivity contribution in [3.05, 3.63) is 69.2 Å². The van der Waals surface area contributed by atoms with Crippen molar-refractivity contribution >= 4 is 35.0 Å². The molecule has 0 radical (unpaired) electrons. The zero-order valence-corrected chi connectivity index (χ0v) is 18.8. The molecular formula is C23H28Cl2N2O2. The van der Waals surface area contributed by atoms with E-state index >= 15 is 0 Å². The van der Waals surface area contributed by atoms with Crippen LogP contribution in [0.1, 0.15) is 37.5 Å². The number of benzene rings is 2. The van der Waals surface area contributed by atoms with Crippen molar-refractivity contribution in [2.75, 3.05) is 6.54 Å². The van der Waals surface area contributed by atoms with E-state index in [1.54, 1.807) is 30.0 Å². The van der Waals surface area contributed by atoms with E-state index in [0.717, 1.165) is 11.1 Å². The number of aryl methyl sites for hydroxylation is 1. The normalized spacial score (nSPS) is 12.0. The van der Waals surface area contributed by atoms with Crippen LogP contribution in [0.5, 0.6) is 0 Å². The summed E-state index contributed by atoms with van der Waals surface area (Å²) in [5, 5.41) is 3.88. The number of hydrogen-bond acceptors (Lipinski definition) is 2. The molecular weight excluding hydrogens is 407 g/mol. The fraction of sp³-hybridized carbons (Fsp3) is 0.391. The highest BCUT2D eigenvalue weighted by molar-refractivity contribution is 6.35. The average Bonchev–Trinajstić information content (AvgIpc) is 2.67. The number of hydrogen-bond donors (Lipinski definition) is 1. The summed E-state index contributed by atoms with van der Waals surface area (Å²) in [6, 6.07) is 12.4. The maximum absolute atomic E-state index is 13.2. The van der Waals surface area contributed by atoms with Crippen LogP contribution in [0.2, 0.25) is 10.0 Å². The molecule has 1 N–H and O–H groups in total. The van der Waals surface area contributed by atoms with Crippen molar-refractivity contribution in [2.24, 2.45) is 5.92 Å². The fourth-order valence-corrected chi connectivity index (χ4v) is 3.33. The van der Waals surface area contributed by atoms with Gasteiger partial charge in [-0.15, -0.1) is 0 Å². The van der Waals surface area contributed by atoms with Crippen LogP contribution in [0.25, 0.3) is 0 Å². The van der Waals surface area contributed by atoms with Gasteiger partial charge in [0.1, 0.15) is 6.04 Å². The molecule has 0 saturated heterocycles. The molecule has 156 valence electrons. The van der Waals surface area contributed by atoms with Crippen molar-refractivity contribution in [1.29, 1.82) is 0 Å². The lowest BCUT2D eigenvalue weighted by atomic mass is 10.1.